The maximum atomic E-state index is 2.83. The molecule has 2 aliphatic carbocycles. The van der Waals surface area contributed by atoms with Gasteiger partial charge in [-0.15, -0.1) is 0 Å². The molecule has 0 saturated carbocycles. The first-order valence-electron chi connectivity index (χ1n) is 18.6. The summed E-state index contributed by atoms with van der Waals surface area (Å²) >= 11 is -5.13. The molecule has 0 heterocycles. The van der Waals surface area contributed by atoms with E-state index < -0.39 is 14.2 Å². The van der Waals surface area contributed by atoms with Gasteiger partial charge in [-0.2, -0.15) is 0 Å². The van der Waals surface area contributed by atoms with E-state index >= 15 is 0 Å². The van der Waals surface area contributed by atoms with Gasteiger partial charge in [-0.3, -0.25) is 0 Å². The van der Waals surface area contributed by atoms with Crippen LogP contribution < -0.4 is 0 Å². The quantitative estimate of drug-likeness (QED) is 0.130. The van der Waals surface area contributed by atoms with Gasteiger partial charge in [0.1, 0.15) is 0 Å². The van der Waals surface area contributed by atoms with Crippen LogP contribution in [0.3, 0.4) is 0 Å². The van der Waals surface area contributed by atoms with Crippen LogP contribution in [0.2, 0.25) is 18.2 Å². The second-order valence-corrected chi connectivity index (χ2v) is 101. The predicted octanol–water partition coefficient (Wildman–Crippen LogP) is 13.2. The van der Waals surface area contributed by atoms with Gasteiger partial charge in [0, 0.05) is 0 Å². The topological polar surface area (TPSA) is 0 Å². The summed E-state index contributed by atoms with van der Waals surface area (Å²) in [6, 6.07) is 44.1. The standard InChI is InChI=1S/2C18H17.C8H9.3CH3.Hf.H2Si/c2*1-13(2)14-9-11-16(12-10-14)18-8-4-6-15-5-3-7-17(15)18;1-2-8-6-4-3-5-7-8;;;;;/h2*3-13H,1-2H3;3-7H,1-2H2;3*1H3;;1H2. The van der Waals surface area contributed by atoms with Crippen molar-refractivity contribution in [1.29, 1.82) is 0 Å². The second kappa shape index (κ2) is 11.1. The van der Waals surface area contributed by atoms with Crippen molar-refractivity contribution in [3.8, 4) is 22.3 Å². The molecule has 0 radical (unpaired) electrons. The zero-order chi connectivity index (χ0) is 34.7. The van der Waals surface area contributed by atoms with E-state index in [2.05, 4.69) is 188 Å². The summed E-state index contributed by atoms with van der Waals surface area (Å²) < 4.78 is 10.4. The molecule has 0 amide bonds. The van der Waals surface area contributed by atoms with E-state index in [1.165, 1.54) is 65.4 Å². The summed E-state index contributed by atoms with van der Waals surface area (Å²) in [7, 11) is 0. The Morgan fingerprint density at radius 3 is 1.37 bits per heavy atom. The zero-order valence-electron chi connectivity index (χ0n) is 30.7. The minimum absolute atomic E-state index is 0.366. The van der Waals surface area contributed by atoms with Crippen LogP contribution >= 0.6 is 0 Å². The average molecular weight is 826 g/mol. The van der Waals surface area contributed by atoms with E-state index in [0.29, 0.717) is 19.2 Å². The Hall–Kier alpha value is -3.33. The van der Waals surface area contributed by atoms with E-state index in [1.807, 2.05) is 0 Å². The monoisotopic (exact) mass is 826 g/mol. The third-order valence-electron chi connectivity index (χ3n) is 13.2. The Morgan fingerprint density at radius 2 is 0.959 bits per heavy atom. The van der Waals surface area contributed by atoms with Gasteiger partial charge in [-0.05, 0) is 0 Å². The molecule has 2 atom stereocenters. The molecule has 49 heavy (non-hydrogen) atoms. The summed E-state index contributed by atoms with van der Waals surface area (Å²) in [5.74, 6) is 1.06. The molecule has 0 saturated heterocycles. The minimum atomic E-state index is -5.13. The number of allylic oxidation sites excluding steroid dienone is 2. The maximum absolute atomic E-state index is 5.13. The number of fused-ring (bicyclic) bond motifs is 2. The van der Waals surface area contributed by atoms with E-state index in [9.17, 15) is 0 Å². The first-order chi connectivity index (χ1) is 23.1. The van der Waals surface area contributed by atoms with Gasteiger partial charge in [-0.1, -0.05) is 0 Å². The Labute approximate surface area is 291 Å². The van der Waals surface area contributed by atoms with E-state index in [4.69, 9.17) is 0 Å². The van der Waals surface area contributed by atoms with Crippen molar-refractivity contribution in [2.45, 2.75) is 71.5 Å². The normalized spacial score (nSPS) is 18.9. The SMILES string of the molecule is CC(C)c1ccc(-c2cccc3c2C=C[CH]3[Hf]([CH3])([CH3])([CH3])(=[SiH2])([CH2]Cc2ccccc2)[CH]2C=Cc3c(-c4ccc(C(C)C)cc4)cccc32)cc1. The molecule has 0 fully saturated rings. The molecule has 5 aromatic rings. The van der Waals surface area contributed by atoms with Crippen LogP contribution in [0.25, 0.3) is 34.4 Å². The molecule has 0 N–H and O–H groups in total. The van der Waals surface area contributed by atoms with Crippen LogP contribution in [-0.4, -0.2) is 6.94 Å². The fraction of sp³-hybridized carbons (Fsp3) is 0.277. The Kier molecular flexibility index (Phi) is 7.72. The number of rotatable bonds is 9. The molecule has 2 heteroatoms. The van der Waals surface area contributed by atoms with Crippen molar-refractivity contribution < 1.29 is 14.2 Å². The molecule has 2 unspecified atom stereocenters. The molecule has 0 aromatic heterocycles. The zero-order valence-corrected chi connectivity index (χ0v) is 35.7. The van der Waals surface area contributed by atoms with Crippen LogP contribution in [0, 0.1) is 0 Å². The number of aryl methyl sites for hydroxylation is 1. The first kappa shape index (κ1) is 34.1. The Balaban J connectivity index is 1.40. The average Bonchev–Trinajstić information content (AvgIpc) is 3.75. The van der Waals surface area contributed by atoms with Gasteiger partial charge in [0.05, 0.1) is 0 Å². The second-order valence-electron chi connectivity index (χ2n) is 19.4. The van der Waals surface area contributed by atoms with Crippen LogP contribution in [0.5, 0.6) is 0 Å². The third-order valence-corrected chi connectivity index (χ3v) is 58.9. The molecular formula is C47H54HfSi. The Morgan fingerprint density at radius 1 is 0.531 bits per heavy atom. The fourth-order valence-corrected chi connectivity index (χ4v) is 46.5. The van der Waals surface area contributed by atoms with Gasteiger partial charge in [0.2, 0.25) is 0 Å². The summed E-state index contributed by atoms with van der Waals surface area (Å²) in [6.45, 7) is 11.6. The third kappa shape index (κ3) is 5.68. The van der Waals surface area contributed by atoms with Gasteiger partial charge < -0.3 is 0 Å². The van der Waals surface area contributed by atoms with Crippen molar-refractivity contribution >= 4 is 19.1 Å². The van der Waals surface area contributed by atoms with Crippen molar-refractivity contribution in [3.63, 3.8) is 0 Å². The van der Waals surface area contributed by atoms with Crippen molar-refractivity contribution in [1.82, 2.24) is 0 Å². The summed E-state index contributed by atoms with van der Waals surface area (Å²) in [5.41, 5.74) is 15.4. The van der Waals surface area contributed by atoms with Crippen molar-refractivity contribution in [2.75, 3.05) is 0 Å². The van der Waals surface area contributed by atoms with Gasteiger partial charge in [-0.25, -0.2) is 0 Å². The molecule has 0 spiro atoms. The van der Waals surface area contributed by atoms with Crippen LogP contribution in [0.15, 0.2) is 127 Å². The van der Waals surface area contributed by atoms with Gasteiger partial charge in [0.15, 0.2) is 0 Å². The fourth-order valence-electron chi connectivity index (χ4n) is 9.69. The predicted molar refractivity (Wildman–Crippen MR) is 217 cm³/mol. The number of hydrogen-bond donors (Lipinski definition) is 0. The van der Waals surface area contributed by atoms with Crippen molar-refractivity contribution in [3.05, 3.63) is 166 Å². The van der Waals surface area contributed by atoms with Gasteiger partial charge in [0.25, 0.3) is 0 Å². The van der Waals surface area contributed by atoms with E-state index in [-0.39, 0.29) is 0 Å². The molecule has 5 aromatic carbocycles. The molecule has 0 bridgehead atoms. The molecule has 0 aliphatic heterocycles. The molecule has 2 aliphatic rings. The first-order valence-corrected chi connectivity index (χ1v) is 44.3. The summed E-state index contributed by atoms with van der Waals surface area (Å²) in [6.07, 6.45) is 11.3. The molecule has 0 nitrogen and oxygen atoms in total. The van der Waals surface area contributed by atoms with Crippen molar-refractivity contribution in [2.24, 2.45) is 0 Å². The van der Waals surface area contributed by atoms with Crippen LogP contribution in [0.1, 0.15) is 85.8 Å². The summed E-state index contributed by atoms with van der Waals surface area (Å²) in [5, 5.41) is 0. The molecule has 250 valence electrons. The summed E-state index contributed by atoms with van der Waals surface area (Å²) in [4.78, 5) is 0. The number of hydrogen-bond acceptors (Lipinski definition) is 0. The van der Waals surface area contributed by atoms with Crippen LogP contribution in [0.4, 0.5) is 0 Å². The Bertz CT molecular complexity index is 2110. The van der Waals surface area contributed by atoms with E-state index in [1.54, 1.807) is 0 Å². The molecule has 7 rings (SSSR count). The number of benzene rings is 5. The van der Waals surface area contributed by atoms with Crippen LogP contribution in [-0.2, 0) is 20.6 Å². The van der Waals surface area contributed by atoms with E-state index in [0.717, 1.165) is 6.42 Å². The molecular weight excluding hydrogens is 771 g/mol. The van der Waals surface area contributed by atoms with Gasteiger partial charge >= 0.3 is 293 Å².